The summed E-state index contributed by atoms with van der Waals surface area (Å²) in [6, 6.07) is 11.0. The number of aromatic nitrogens is 1. The number of amides is 2. The van der Waals surface area contributed by atoms with Crippen molar-refractivity contribution in [1.29, 1.82) is 0 Å². The molecular formula is C17H22N4O2. The van der Waals surface area contributed by atoms with Crippen molar-refractivity contribution in [2.24, 2.45) is 0 Å². The van der Waals surface area contributed by atoms with Crippen LogP contribution in [0.5, 0.6) is 5.75 Å². The Morgan fingerprint density at radius 1 is 1.22 bits per heavy atom. The van der Waals surface area contributed by atoms with E-state index in [0.717, 1.165) is 22.8 Å². The van der Waals surface area contributed by atoms with E-state index in [1.54, 1.807) is 6.20 Å². The summed E-state index contributed by atoms with van der Waals surface area (Å²) in [5.74, 6) is 1.59. The third-order valence-corrected chi connectivity index (χ3v) is 3.14. The van der Waals surface area contributed by atoms with Gasteiger partial charge in [-0.3, -0.25) is 0 Å². The standard InChI is InChI=1S/C17H22N4O2/c1-3-23-14-7-8-15(13(2)12-14)21-17(22)20-11-10-19-16-6-4-5-9-18-16/h4-9,12H,3,10-11H2,1-2H3,(H,18,19)(H2,20,21,22). The van der Waals surface area contributed by atoms with Crippen LogP contribution in [0.1, 0.15) is 12.5 Å². The van der Waals surface area contributed by atoms with E-state index in [4.69, 9.17) is 4.74 Å². The maximum atomic E-state index is 11.9. The van der Waals surface area contributed by atoms with Crippen molar-refractivity contribution >= 4 is 17.5 Å². The fourth-order valence-corrected chi connectivity index (χ4v) is 2.03. The fourth-order valence-electron chi connectivity index (χ4n) is 2.03. The molecule has 0 unspecified atom stereocenters. The van der Waals surface area contributed by atoms with Gasteiger partial charge in [0.25, 0.3) is 0 Å². The molecule has 3 N–H and O–H groups in total. The molecule has 0 aliphatic rings. The first-order valence-electron chi connectivity index (χ1n) is 7.62. The first-order valence-corrected chi connectivity index (χ1v) is 7.62. The van der Waals surface area contributed by atoms with Gasteiger partial charge in [-0.15, -0.1) is 0 Å². The summed E-state index contributed by atoms with van der Waals surface area (Å²) in [6.45, 7) is 5.59. The van der Waals surface area contributed by atoms with Crippen molar-refractivity contribution in [1.82, 2.24) is 10.3 Å². The quantitative estimate of drug-likeness (QED) is 0.687. The zero-order valence-electron chi connectivity index (χ0n) is 13.4. The molecule has 6 nitrogen and oxygen atoms in total. The molecule has 2 rings (SSSR count). The predicted octanol–water partition coefficient (Wildman–Crippen LogP) is 3.02. The Morgan fingerprint density at radius 2 is 2.09 bits per heavy atom. The summed E-state index contributed by atoms with van der Waals surface area (Å²) in [6.07, 6.45) is 1.72. The summed E-state index contributed by atoms with van der Waals surface area (Å²) in [4.78, 5) is 16.0. The molecule has 0 aliphatic carbocycles. The van der Waals surface area contributed by atoms with Crippen molar-refractivity contribution in [2.45, 2.75) is 13.8 Å². The highest BCUT2D eigenvalue weighted by Crippen LogP contribution is 2.21. The fraction of sp³-hybridized carbons (Fsp3) is 0.294. The van der Waals surface area contributed by atoms with Gasteiger partial charge in [-0.25, -0.2) is 9.78 Å². The van der Waals surface area contributed by atoms with E-state index in [2.05, 4.69) is 20.9 Å². The number of anilines is 2. The summed E-state index contributed by atoms with van der Waals surface area (Å²) in [5.41, 5.74) is 1.72. The maximum absolute atomic E-state index is 11.9. The lowest BCUT2D eigenvalue weighted by Crippen LogP contribution is -2.32. The highest BCUT2D eigenvalue weighted by atomic mass is 16.5. The number of benzene rings is 1. The summed E-state index contributed by atoms with van der Waals surface area (Å²) in [5, 5.41) is 8.75. The molecule has 1 aromatic carbocycles. The van der Waals surface area contributed by atoms with E-state index in [-0.39, 0.29) is 6.03 Å². The molecule has 1 aromatic heterocycles. The van der Waals surface area contributed by atoms with Crippen LogP contribution in [0.25, 0.3) is 0 Å². The number of carbonyl (C=O) groups excluding carboxylic acids is 1. The largest absolute Gasteiger partial charge is 0.494 e. The van der Waals surface area contributed by atoms with Crippen LogP contribution in [0.3, 0.4) is 0 Å². The van der Waals surface area contributed by atoms with E-state index >= 15 is 0 Å². The molecule has 0 aliphatic heterocycles. The molecule has 6 heteroatoms. The Hall–Kier alpha value is -2.76. The molecule has 0 atom stereocenters. The second-order valence-electron chi connectivity index (χ2n) is 4.93. The molecule has 0 spiro atoms. The van der Waals surface area contributed by atoms with Gasteiger partial charge in [0.1, 0.15) is 11.6 Å². The molecule has 0 saturated heterocycles. The number of nitrogens with one attached hydrogen (secondary N) is 3. The van der Waals surface area contributed by atoms with Crippen LogP contribution < -0.4 is 20.7 Å². The van der Waals surface area contributed by atoms with Gasteiger partial charge in [0.15, 0.2) is 0 Å². The third kappa shape index (κ3) is 5.50. The highest BCUT2D eigenvalue weighted by Gasteiger charge is 2.05. The van der Waals surface area contributed by atoms with E-state index in [1.165, 1.54) is 0 Å². The number of urea groups is 1. The number of pyridine rings is 1. The zero-order valence-corrected chi connectivity index (χ0v) is 13.4. The molecule has 23 heavy (non-hydrogen) atoms. The molecule has 0 radical (unpaired) electrons. The molecule has 0 bridgehead atoms. The van der Waals surface area contributed by atoms with Crippen LogP contribution in [0.2, 0.25) is 0 Å². The number of hydrogen-bond donors (Lipinski definition) is 3. The van der Waals surface area contributed by atoms with E-state index in [9.17, 15) is 4.79 Å². The maximum Gasteiger partial charge on any atom is 0.319 e. The SMILES string of the molecule is CCOc1ccc(NC(=O)NCCNc2ccccn2)c(C)c1. The van der Waals surface area contributed by atoms with Crippen LogP contribution in [0.15, 0.2) is 42.6 Å². The average Bonchev–Trinajstić information content (AvgIpc) is 2.55. The van der Waals surface area contributed by atoms with Gasteiger partial charge < -0.3 is 20.7 Å². The Morgan fingerprint density at radius 3 is 2.78 bits per heavy atom. The molecule has 0 fully saturated rings. The minimum atomic E-state index is -0.236. The minimum Gasteiger partial charge on any atom is -0.494 e. The Bertz CT molecular complexity index is 632. The van der Waals surface area contributed by atoms with Gasteiger partial charge in [-0.1, -0.05) is 6.07 Å². The summed E-state index contributed by atoms with van der Waals surface area (Å²) in [7, 11) is 0. The lowest BCUT2D eigenvalue weighted by molar-refractivity contribution is 0.252. The number of rotatable bonds is 7. The Balaban J connectivity index is 1.74. The third-order valence-electron chi connectivity index (χ3n) is 3.14. The normalized spacial score (nSPS) is 10.0. The van der Waals surface area contributed by atoms with Crippen molar-refractivity contribution in [3.63, 3.8) is 0 Å². The lowest BCUT2D eigenvalue weighted by atomic mass is 10.2. The summed E-state index contributed by atoms with van der Waals surface area (Å²) < 4.78 is 5.43. The van der Waals surface area contributed by atoms with Gasteiger partial charge in [-0.05, 0) is 49.7 Å². The number of hydrogen-bond acceptors (Lipinski definition) is 4. The molecule has 1 heterocycles. The highest BCUT2D eigenvalue weighted by molar-refractivity contribution is 5.90. The predicted molar refractivity (Wildman–Crippen MR) is 92.1 cm³/mol. The van der Waals surface area contributed by atoms with E-state index in [1.807, 2.05) is 50.2 Å². The molecular weight excluding hydrogens is 292 g/mol. The van der Waals surface area contributed by atoms with E-state index < -0.39 is 0 Å². The van der Waals surface area contributed by atoms with Gasteiger partial charge >= 0.3 is 6.03 Å². The molecule has 122 valence electrons. The topological polar surface area (TPSA) is 75.3 Å². The molecule has 2 aromatic rings. The van der Waals surface area contributed by atoms with E-state index in [0.29, 0.717) is 19.7 Å². The Kier molecular flexibility index (Phi) is 6.23. The number of ether oxygens (including phenoxy) is 1. The number of nitrogens with zero attached hydrogens (tertiary/aromatic N) is 1. The van der Waals surface area contributed by atoms with Crippen molar-refractivity contribution in [2.75, 3.05) is 30.3 Å². The molecule has 0 saturated carbocycles. The number of carbonyl (C=O) groups is 1. The van der Waals surface area contributed by atoms with Crippen LogP contribution in [-0.4, -0.2) is 30.7 Å². The van der Waals surface area contributed by atoms with Gasteiger partial charge in [0.2, 0.25) is 0 Å². The first-order chi connectivity index (χ1) is 11.2. The monoisotopic (exact) mass is 314 g/mol. The second kappa shape index (κ2) is 8.63. The number of aryl methyl sites for hydroxylation is 1. The second-order valence-corrected chi connectivity index (χ2v) is 4.93. The summed E-state index contributed by atoms with van der Waals surface area (Å²) >= 11 is 0. The Labute approximate surface area is 136 Å². The zero-order chi connectivity index (χ0) is 16.5. The van der Waals surface area contributed by atoms with Gasteiger partial charge in [0, 0.05) is 25.0 Å². The molecule has 2 amide bonds. The van der Waals surface area contributed by atoms with Crippen molar-refractivity contribution in [3.05, 3.63) is 48.2 Å². The smallest absolute Gasteiger partial charge is 0.319 e. The lowest BCUT2D eigenvalue weighted by Gasteiger charge is -2.12. The average molecular weight is 314 g/mol. The van der Waals surface area contributed by atoms with Crippen molar-refractivity contribution in [3.8, 4) is 5.75 Å². The minimum absolute atomic E-state index is 0.236. The van der Waals surface area contributed by atoms with Crippen LogP contribution in [-0.2, 0) is 0 Å². The van der Waals surface area contributed by atoms with Gasteiger partial charge in [0.05, 0.1) is 6.61 Å². The van der Waals surface area contributed by atoms with Crippen LogP contribution in [0.4, 0.5) is 16.3 Å². The van der Waals surface area contributed by atoms with Gasteiger partial charge in [-0.2, -0.15) is 0 Å². The van der Waals surface area contributed by atoms with Crippen LogP contribution in [0, 0.1) is 6.92 Å². The first kappa shape index (κ1) is 16.6. The van der Waals surface area contributed by atoms with Crippen LogP contribution >= 0.6 is 0 Å². The van der Waals surface area contributed by atoms with Crippen molar-refractivity contribution < 1.29 is 9.53 Å².